The van der Waals surface area contributed by atoms with Crippen molar-refractivity contribution in [1.29, 1.82) is 0 Å². The number of thiophene rings is 3. The van der Waals surface area contributed by atoms with Crippen molar-refractivity contribution in [2.45, 2.75) is 12.8 Å². The third kappa shape index (κ3) is 6.04. The Balaban J connectivity index is 0.866. The molecule has 0 fully saturated rings. The number of hydrogen-bond donors (Lipinski definition) is 0. The molecule has 0 saturated heterocycles. The maximum Gasteiger partial charge on any atom is 0.228 e. The van der Waals surface area contributed by atoms with Gasteiger partial charge in [-0.1, -0.05) is 152 Å². The first kappa shape index (κ1) is 37.8. The zero-order valence-corrected chi connectivity index (χ0v) is 37.7. The van der Waals surface area contributed by atoms with Crippen molar-refractivity contribution < 1.29 is 4.42 Å². The van der Waals surface area contributed by atoms with Crippen LogP contribution in [-0.4, -0.2) is 16.5 Å². The molecule has 7 heteroatoms. The largest absolute Gasteiger partial charge is 0.436 e. The quantitative estimate of drug-likeness (QED) is 0.173. The van der Waals surface area contributed by atoms with E-state index in [1.807, 2.05) is 40.1 Å². The van der Waals surface area contributed by atoms with Gasteiger partial charge >= 0.3 is 0 Å². The lowest BCUT2D eigenvalue weighted by Crippen LogP contribution is -2.09. The highest BCUT2D eigenvalue weighted by atomic mass is 32.1. The molecule has 66 heavy (non-hydrogen) atoms. The molecule has 0 atom stereocenters. The number of allylic oxidation sites excluding steroid dienone is 1. The molecule has 0 radical (unpaired) electrons. The van der Waals surface area contributed by atoms with E-state index in [0.717, 1.165) is 74.2 Å². The number of hydrogen-bond acceptors (Lipinski definition) is 7. The third-order valence-corrected chi connectivity index (χ3v) is 16.6. The Morgan fingerprint density at radius 3 is 1.94 bits per heavy atom. The summed E-state index contributed by atoms with van der Waals surface area (Å²) in [6.45, 7) is 0. The van der Waals surface area contributed by atoms with Crippen molar-refractivity contribution >= 4 is 134 Å². The molecule has 0 unspecified atom stereocenters. The minimum absolute atomic E-state index is 0.647. The van der Waals surface area contributed by atoms with Crippen LogP contribution in [0.25, 0.3) is 111 Å². The van der Waals surface area contributed by atoms with E-state index in [-0.39, 0.29) is 0 Å². The number of rotatable bonds is 5. The fourth-order valence-electron chi connectivity index (χ4n) is 9.91. The summed E-state index contributed by atoms with van der Waals surface area (Å²) in [6, 6.07) is 65.3. The normalized spacial score (nSPS) is 16.0. The molecule has 14 rings (SSSR count). The van der Waals surface area contributed by atoms with E-state index in [1.54, 1.807) is 0 Å². The Morgan fingerprint density at radius 2 is 1.08 bits per heavy atom. The lowest BCUT2D eigenvalue weighted by Gasteiger charge is -2.15. The molecule has 1 aliphatic rings. The summed E-state index contributed by atoms with van der Waals surface area (Å²) >= 11 is 5.48. The van der Waals surface area contributed by atoms with Crippen LogP contribution < -0.4 is 0 Å². The number of nitrogens with zero attached hydrogens (tertiary/aromatic N) is 3. The second-order valence-corrected chi connectivity index (χ2v) is 20.1. The highest BCUT2D eigenvalue weighted by Crippen LogP contribution is 2.45. The van der Waals surface area contributed by atoms with Crippen LogP contribution in [-0.2, 0) is 0 Å². The van der Waals surface area contributed by atoms with Gasteiger partial charge in [0.1, 0.15) is 5.52 Å². The van der Waals surface area contributed by atoms with Gasteiger partial charge in [-0.25, -0.2) is 15.0 Å². The second kappa shape index (κ2) is 15.0. The molecule has 5 heterocycles. The molecule has 0 spiro atoms. The van der Waals surface area contributed by atoms with E-state index < -0.39 is 0 Å². The van der Waals surface area contributed by atoms with Crippen molar-refractivity contribution in [1.82, 2.24) is 4.98 Å². The zero-order chi connectivity index (χ0) is 43.3. The van der Waals surface area contributed by atoms with Gasteiger partial charge < -0.3 is 4.42 Å². The van der Waals surface area contributed by atoms with E-state index in [0.29, 0.717) is 5.89 Å². The average molecular weight is 898 g/mol. The average Bonchev–Trinajstić information content (AvgIpc) is 4.15. The Bertz CT molecular complexity index is 4240. The number of oxazole rings is 1. The molecule has 0 bridgehead atoms. The van der Waals surface area contributed by atoms with Crippen LogP contribution in [0.1, 0.15) is 29.5 Å². The molecule has 1 aliphatic heterocycles. The number of aliphatic imine (C=N–C) groups is 2. The van der Waals surface area contributed by atoms with Gasteiger partial charge in [0, 0.05) is 77.0 Å². The molecule has 310 valence electrons. The fourth-order valence-corrected chi connectivity index (χ4v) is 13.5. The number of aromatic nitrogens is 1. The summed E-state index contributed by atoms with van der Waals surface area (Å²) in [5.74, 6) is 1.38. The SMILES string of the molecule is C1=C(c2ccc(-c3cccc4c3sc3c(-c5nc6c(ccc7ccccc76)o5)cccc34)cc2)/N=C(c2ccc3c(c2)sc2ccccc23)\N=C(\c2cccc3sc4ccccc4c23)CC\1. The molecule has 0 amide bonds. The van der Waals surface area contributed by atoms with Gasteiger partial charge in [-0.2, -0.15) is 0 Å². The van der Waals surface area contributed by atoms with Crippen molar-refractivity contribution in [2.75, 3.05) is 0 Å². The summed E-state index contributed by atoms with van der Waals surface area (Å²) in [6.07, 6.45) is 3.92. The van der Waals surface area contributed by atoms with Gasteiger partial charge in [0.05, 0.1) is 17.0 Å². The highest BCUT2D eigenvalue weighted by Gasteiger charge is 2.21. The number of amidine groups is 1. The van der Waals surface area contributed by atoms with Gasteiger partial charge in [-0.05, 0) is 71.3 Å². The Hall–Kier alpha value is -7.55. The molecule has 9 aromatic carbocycles. The molecule has 4 aromatic heterocycles. The molecular formula is C59H35N3OS3. The van der Waals surface area contributed by atoms with Gasteiger partial charge in [0.2, 0.25) is 5.89 Å². The van der Waals surface area contributed by atoms with Crippen LogP contribution in [0.3, 0.4) is 0 Å². The van der Waals surface area contributed by atoms with Crippen molar-refractivity contribution in [3.05, 3.63) is 205 Å². The first-order valence-corrected chi connectivity index (χ1v) is 24.7. The third-order valence-electron chi connectivity index (χ3n) is 13.1. The Labute approximate surface area is 390 Å². The number of fused-ring (bicyclic) bond motifs is 12. The van der Waals surface area contributed by atoms with E-state index >= 15 is 0 Å². The summed E-state index contributed by atoms with van der Waals surface area (Å²) in [5.41, 5.74) is 10.3. The monoisotopic (exact) mass is 897 g/mol. The molecule has 0 saturated carbocycles. The van der Waals surface area contributed by atoms with Gasteiger partial charge in [-0.3, -0.25) is 0 Å². The topological polar surface area (TPSA) is 50.8 Å². The van der Waals surface area contributed by atoms with E-state index in [1.165, 1.54) is 71.6 Å². The molecule has 4 nitrogen and oxygen atoms in total. The summed E-state index contributed by atoms with van der Waals surface area (Å²) in [7, 11) is 0. The fraction of sp³-hybridized carbons (Fsp3) is 0.0339. The summed E-state index contributed by atoms with van der Waals surface area (Å²) < 4.78 is 14.0. The van der Waals surface area contributed by atoms with Gasteiger partial charge in [0.25, 0.3) is 0 Å². The maximum atomic E-state index is 6.47. The Morgan fingerprint density at radius 1 is 0.439 bits per heavy atom. The molecule has 0 aliphatic carbocycles. The molecule has 0 N–H and O–H groups in total. The minimum Gasteiger partial charge on any atom is -0.436 e. The predicted octanol–water partition coefficient (Wildman–Crippen LogP) is 17.5. The van der Waals surface area contributed by atoms with Crippen molar-refractivity contribution in [2.24, 2.45) is 9.98 Å². The predicted molar refractivity (Wildman–Crippen MR) is 284 cm³/mol. The first-order valence-electron chi connectivity index (χ1n) is 22.2. The maximum absolute atomic E-state index is 6.47. The number of benzene rings is 9. The smallest absolute Gasteiger partial charge is 0.228 e. The van der Waals surface area contributed by atoms with Crippen LogP contribution in [0.5, 0.6) is 0 Å². The van der Waals surface area contributed by atoms with Gasteiger partial charge in [-0.15, -0.1) is 34.0 Å². The van der Waals surface area contributed by atoms with Crippen molar-refractivity contribution in [3.63, 3.8) is 0 Å². The van der Waals surface area contributed by atoms with E-state index in [4.69, 9.17) is 19.4 Å². The van der Waals surface area contributed by atoms with E-state index in [9.17, 15) is 0 Å². The summed E-state index contributed by atoms with van der Waals surface area (Å²) in [4.78, 5) is 16.1. The van der Waals surface area contributed by atoms with Crippen LogP contribution >= 0.6 is 34.0 Å². The van der Waals surface area contributed by atoms with Gasteiger partial charge in [0.15, 0.2) is 11.4 Å². The summed E-state index contributed by atoms with van der Waals surface area (Å²) in [5, 5.41) is 9.80. The van der Waals surface area contributed by atoms with Crippen LogP contribution in [0.4, 0.5) is 0 Å². The molecular weight excluding hydrogens is 863 g/mol. The zero-order valence-electron chi connectivity index (χ0n) is 35.3. The van der Waals surface area contributed by atoms with Crippen molar-refractivity contribution in [3.8, 4) is 22.6 Å². The lowest BCUT2D eigenvalue weighted by atomic mass is 9.97. The van der Waals surface area contributed by atoms with Crippen LogP contribution in [0.2, 0.25) is 0 Å². The lowest BCUT2D eigenvalue weighted by molar-refractivity contribution is 0.621. The molecule has 13 aromatic rings. The first-order chi connectivity index (χ1) is 32.7. The second-order valence-electron chi connectivity index (χ2n) is 16.9. The highest BCUT2D eigenvalue weighted by molar-refractivity contribution is 7.27. The van der Waals surface area contributed by atoms with Crippen LogP contribution in [0, 0.1) is 0 Å². The van der Waals surface area contributed by atoms with E-state index in [2.05, 4.69) is 182 Å². The standard InChI is InChI=1S/C59H35N3OS3/c1-2-12-38-34(11-1)30-32-49-55(38)62-59(63-49)46-19-8-17-43-42-16-7-15-39(56(42)66-57(43)46)35-25-27-36(28-26-35)47-20-10-21-48(44-18-9-24-52-54(44)45-14-4-6-23-51(45)64-52)61-58(60-47)37-29-31-41-40-13-3-5-22-50(40)65-53(41)33-37/h1-9,11-20,22-33H,10,21H2/b47-20-,60-58-,61-48+. The Kier molecular flexibility index (Phi) is 8.59. The minimum atomic E-state index is 0.647. The van der Waals surface area contributed by atoms with Crippen LogP contribution in [0.15, 0.2) is 202 Å².